The molecule has 1 fully saturated rings. The predicted octanol–water partition coefficient (Wildman–Crippen LogP) is 1.32. The van der Waals surface area contributed by atoms with Gasteiger partial charge in [-0.15, -0.1) is 0 Å². The van der Waals surface area contributed by atoms with E-state index in [1.54, 1.807) is 4.90 Å². The number of hydrogen-bond acceptors (Lipinski definition) is 3. The Balaban J connectivity index is 2.30. The maximum Gasteiger partial charge on any atom is 0.229 e. The van der Waals surface area contributed by atoms with E-state index in [1.165, 1.54) is 0 Å². The summed E-state index contributed by atoms with van der Waals surface area (Å²) in [6.07, 6.45) is 1.42. The van der Waals surface area contributed by atoms with Gasteiger partial charge in [0.05, 0.1) is 0 Å². The third-order valence-electron chi connectivity index (χ3n) is 2.80. The number of nitrogens with zero attached hydrogens (tertiary/aromatic N) is 2. The highest BCUT2D eigenvalue weighted by atomic mass is 32.1. The SMILES string of the molecule is CCc1[nH]nc(N2CC(S)CC2=O)c1C. The molecule has 15 heavy (non-hydrogen) atoms. The fourth-order valence-corrected chi connectivity index (χ4v) is 2.24. The summed E-state index contributed by atoms with van der Waals surface area (Å²) in [6, 6.07) is 0. The number of amides is 1. The predicted molar refractivity (Wildman–Crippen MR) is 62.4 cm³/mol. The molecule has 1 atom stereocenters. The van der Waals surface area contributed by atoms with Crippen LogP contribution < -0.4 is 4.90 Å². The molecule has 5 heteroatoms. The molecule has 1 N–H and O–H groups in total. The molecule has 0 aromatic carbocycles. The summed E-state index contributed by atoms with van der Waals surface area (Å²) in [5.41, 5.74) is 2.17. The van der Waals surface area contributed by atoms with Gasteiger partial charge in [-0.1, -0.05) is 6.92 Å². The van der Waals surface area contributed by atoms with E-state index in [0.29, 0.717) is 13.0 Å². The summed E-state index contributed by atoms with van der Waals surface area (Å²) < 4.78 is 0. The molecule has 82 valence electrons. The van der Waals surface area contributed by atoms with Crippen molar-refractivity contribution in [1.29, 1.82) is 0 Å². The van der Waals surface area contributed by atoms with Crippen molar-refractivity contribution in [2.75, 3.05) is 11.4 Å². The standard InChI is InChI=1S/C10H15N3OS/c1-3-8-6(2)10(12-11-8)13-5-7(15)4-9(13)14/h7,15H,3-5H2,1-2H3,(H,11,12). The lowest BCUT2D eigenvalue weighted by Gasteiger charge is -2.13. The van der Waals surface area contributed by atoms with Crippen molar-refractivity contribution < 1.29 is 4.79 Å². The second kappa shape index (κ2) is 3.89. The topological polar surface area (TPSA) is 49.0 Å². The number of aromatic nitrogens is 2. The van der Waals surface area contributed by atoms with Crippen LogP contribution >= 0.6 is 12.6 Å². The highest BCUT2D eigenvalue weighted by molar-refractivity contribution is 7.81. The Bertz CT molecular complexity index is 388. The first-order chi connectivity index (χ1) is 7.13. The molecule has 0 saturated carbocycles. The first-order valence-electron chi connectivity index (χ1n) is 5.15. The summed E-state index contributed by atoms with van der Waals surface area (Å²) in [4.78, 5) is 13.4. The van der Waals surface area contributed by atoms with Gasteiger partial charge in [0.15, 0.2) is 5.82 Å². The molecule has 4 nitrogen and oxygen atoms in total. The number of thiol groups is 1. The lowest BCUT2D eigenvalue weighted by molar-refractivity contribution is -0.117. The van der Waals surface area contributed by atoms with Crippen LogP contribution in [-0.2, 0) is 11.2 Å². The monoisotopic (exact) mass is 225 g/mol. The molecule has 0 radical (unpaired) electrons. The smallest absolute Gasteiger partial charge is 0.229 e. The molecule has 1 aromatic heterocycles. The number of hydrogen-bond donors (Lipinski definition) is 2. The van der Waals surface area contributed by atoms with Crippen LogP contribution in [0.1, 0.15) is 24.6 Å². The first kappa shape index (κ1) is 10.5. The van der Waals surface area contributed by atoms with Crippen LogP contribution in [0.2, 0.25) is 0 Å². The van der Waals surface area contributed by atoms with E-state index in [2.05, 4.69) is 29.7 Å². The fourth-order valence-electron chi connectivity index (χ4n) is 1.92. The average Bonchev–Trinajstić information content (AvgIpc) is 2.69. The van der Waals surface area contributed by atoms with E-state index in [1.807, 2.05) is 6.92 Å². The van der Waals surface area contributed by atoms with Gasteiger partial charge in [0.2, 0.25) is 5.91 Å². The zero-order chi connectivity index (χ0) is 11.0. The molecule has 0 bridgehead atoms. The molecule has 1 amide bonds. The third kappa shape index (κ3) is 1.76. The van der Waals surface area contributed by atoms with Crippen molar-refractivity contribution in [3.05, 3.63) is 11.3 Å². The zero-order valence-electron chi connectivity index (χ0n) is 8.95. The largest absolute Gasteiger partial charge is 0.294 e. The van der Waals surface area contributed by atoms with E-state index in [0.717, 1.165) is 23.5 Å². The van der Waals surface area contributed by atoms with Crippen LogP contribution in [0.25, 0.3) is 0 Å². The molecule has 1 saturated heterocycles. The van der Waals surface area contributed by atoms with E-state index in [4.69, 9.17) is 0 Å². The van der Waals surface area contributed by atoms with E-state index in [-0.39, 0.29) is 11.2 Å². The molecule has 1 unspecified atom stereocenters. The van der Waals surface area contributed by atoms with Crippen LogP contribution in [0.4, 0.5) is 5.82 Å². The maximum atomic E-state index is 11.7. The highest BCUT2D eigenvalue weighted by Gasteiger charge is 2.31. The summed E-state index contributed by atoms with van der Waals surface area (Å²) in [6.45, 7) is 4.73. The Morgan fingerprint density at radius 3 is 2.87 bits per heavy atom. The number of anilines is 1. The van der Waals surface area contributed by atoms with Gasteiger partial charge in [-0.2, -0.15) is 17.7 Å². The van der Waals surface area contributed by atoms with Crippen molar-refractivity contribution in [3.8, 4) is 0 Å². The van der Waals surface area contributed by atoms with Gasteiger partial charge in [0.25, 0.3) is 0 Å². The molecule has 1 aliphatic rings. The van der Waals surface area contributed by atoms with Gasteiger partial charge in [0, 0.05) is 29.5 Å². The second-order valence-electron chi connectivity index (χ2n) is 3.87. The summed E-state index contributed by atoms with van der Waals surface area (Å²) in [5.74, 6) is 0.889. The maximum absolute atomic E-state index is 11.7. The molecule has 1 aromatic rings. The van der Waals surface area contributed by atoms with Crippen molar-refractivity contribution in [3.63, 3.8) is 0 Å². The minimum Gasteiger partial charge on any atom is -0.294 e. The Hall–Kier alpha value is -0.970. The van der Waals surface area contributed by atoms with Gasteiger partial charge >= 0.3 is 0 Å². The normalized spacial score (nSPS) is 21.4. The molecule has 0 aliphatic carbocycles. The average molecular weight is 225 g/mol. The van der Waals surface area contributed by atoms with E-state index >= 15 is 0 Å². The summed E-state index contributed by atoms with van der Waals surface area (Å²) in [5, 5.41) is 7.30. The minimum atomic E-state index is 0.118. The Labute approximate surface area is 94.5 Å². The van der Waals surface area contributed by atoms with Gasteiger partial charge < -0.3 is 0 Å². The number of rotatable bonds is 2. The number of aryl methyl sites for hydroxylation is 1. The van der Waals surface area contributed by atoms with Crippen LogP contribution in [0.5, 0.6) is 0 Å². The lowest BCUT2D eigenvalue weighted by Crippen LogP contribution is -2.25. The second-order valence-corrected chi connectivity index (χ2v) is 4.60. The van der Waals surface area contributed by atoms with E-state index in [9.17, 15) is 4.79 Å². The van der Waals surface area contributed by atoms with Crippen LogP contribution in [0.15, 0.2) is 0 Å². The zero-order valence-corrected chi connectivity index (χ0v) is 9.84. The molecular weight excluding hydrogens is 210 g/mol. The van der Waals surface area contributed by atoms with Crippen molar-refractivity contribution in [2.24, 2.45) is 0 Å². The number of carbonyl (C=O) groups is 1. The van der Waals surface area contributed by atoms with Gasteiger partial charge in [-0.05, 0) is 13.3 Å². The Morgan fingerprint density at radius 1 is 1.67 bits per heavy atom. The number of carbonyl (C=O) groups excluding carboxylic acids is 1. The summed E-state index contributed by atoms with van der Waals surface area (Å²) >= 11 is 4.32. The van der Waals surface area contributed by atoms with Crippen LogP contribution in [0.3, 0.4) is 0 Å². The number of H-pyrrole nitrogens is 1. The quantitative estimate of drug-likeness (QED) is 0.746. The van der Waals surface area contributed by atoms with Crippen LogP contribution in [-0.4, -0.2) is 27.9 Å². The van der Waals surface area contributed by atoms with E-state index < -0.39 is 0 Å². The molecule has 1 aliphatic heterocycles. The lowest BCUT2D eigenvalue weighted by atomic mass is 10.2. The molecule has 2 rings (SSSR count). The first-order valence-corrected chi connectivity index (χ1v) is 5.67. The van der Waals surface area contributed by atoms with Gasteiger partial charge in [-0.3, -0.25) is 14.8 Å². The molecule has 0 spiro atoms. The Kier molecular flexibility index (Phi) is 2.73. The van der Waals surface area contributed by atoms with Crippen LogP contribution in [0, 0.1) is 6.92 Å². The highest BCUT2D eigenvalue weighted by Crippen LogP contribution is 2.26. The molecule has 2 heterocycles. The van der Waals surface area contributed by atoms with Gasteiger partial charge in [0.1, 0.15) is 0 Å². The summed E-state index contributed by atoms with van der Waals surface area (Å²) in [7, 11) is 0. The van der Waals surface area contributed by atoms with Gasteiger partial charge in [-0.25, -0.2) is 0 Å². The molecular formula is C10H15N3OS. The van der Waals surface area contributed by atoms with Crippen molar-refractivity contribution >= 4 is 24.4 Å². The van der Waals surface area contributed by atoms with Crippen molar-refractivity contribution in [2.45, 2.75) is 31.9 Å². The number of nitrogens with one attached hydrogen (secondary N) is 1. The minimum absolute atomic E-state index is 0.118. The number of aromatic amines is 1. The fraction of sp³-hybridized carbons (Fsp3) is 0.600. The Morgan fingerprint density at radius 2 is 2.40 bits per heavy atom. The third-order valence-corrected chi connectivity index (χ3v) is 3.14. The van der Waals surface area contributed by atoms with Crippen molar-refractivity contribution in [1.82, 2.24) is 10.2 Å².